The third kappa shape index (κ3) is 10.4. The lowest BCUT2D eigenvalue weighted by Crippen LogP contribution is -2.65. The van der Waals surface area contributed by atoms with Crippen molar-refractivity contribution in [3.8, 4) is 0 Å². The van der Waals surface area contributed by atoms with Crippen molar-refractivity contribution in [2.45, 2.75) is 124 Å². The lowest BCUT2D eigenvalue weighted by atomic mass is 9.89. The van der Waals surface area contributed by atoms with E-state index in [1.54, 1.807) is 38.1 Å². The standard InChI is InChI=1S/C32H52O17S/c1-16(2)29-28(41)30(49-32-27(40)24(37)21(34)18(12-33)47-32)23(36)20(46-29)14-45-31-26(39)25(38)22(35)19(48-31)13-44-10-6-7-11-50(42,43)15-17-8-4-3-5-9-17/h3-5,8-9,16,18-41H,6-7,10-15H2,1-2H3. The van der Waals surface area contributed by atoms with Crippen molar-refractivity contribution in [3.05, 3.63) is 35.9 Å². The van der Waals surface area contributed by atoms with E-state index in [-0.39, 0.29) is 30.6 Å². The number of hydrogen-bond acceptors (Lipinski definition) is 17. The second kappa shape index (κ2) is 18.6. The van der Waals surface area contributed by atoms with Crippen molar-refractivity contribution in [1.82, 2.24) is 0 Å². The molecule has 3 saturated heterocycles. The Morgan fingerprint density at radius 2 is 1.30 bits per heavy atom. The Bertz CT molecular complexity index is 1250. The van der Waals surface area contributed by atoms with Gasteiger partial charge in [0.25, 0.3) is 0 Å². The number of hydrogen-bond donors (Lipinski definition) is 9. The Morgan fingerprint density at radius 1 is 0.700 bits per heavy atom. The van der Waals surface area contributed by atoms with Crippen molar-refractivity contribution in [2.24, 2.45) is 5.92 Å². The van der Waals surface area contributed by atoms with Crippen LogP contribution in [0.3, 0.4) is 0 Å². The van der Waals surface area contributed by atoms with E-state index in [9.17, 15) is 54.4 Å². The lowest BCUT2D eigenvalue weighted by molar-refractivity contribution is -0.349. The van der Waals surface area contributed by atoms with Gasteiger partial charge in [0, 0.05) is 6.61 Å². The van der Waals surface area contributed by atoms with E-state index < -0.39 is 115 Å². The van der Waals surface area contributed by atoms with Gasteiger partial charge < -0.3 is 74.4 Å². The number of benzene rings is 1. The van der Waals surface area contributed by atoms with Crippen LogP contribution in [0.15, 0.2) is 30.3 Å². The minimum absolute atomic E-state index is 0.0349. The van der Waals surface area contributed by atoms with Crippen LogP contribution in [0.2, 0.25) is 0 Å². The average Bonchev–Trinajstić information content (AvgIpc) is 3.08. The molecule has 9 N–H and O–H groups in total. The fraction of sp³-hybridized carbons (Fsp3) is 0.812. The molecule has 0 aromatic heterocycles. The molecule has 1 aromatic rings. The topological polar surface area (TPSA) is 272 Å². The Kier molecular flexibility index (Phi) is 15.3. The van der Waals surface area contributed by atoms with Crippen molar-refractivity contribution < 1.29 is 82.8 Å². The lowest BCUT2D eigenvalue weighted by Gasteiger charge is -2.47. The van der Waals surface area contributed by atoms with Crippen LogP contribution in [-0.2, 0) is 44.0 Å². The first kappa shape index (κ1) is 41.3. The maximum atomic E-state index is 12.4. The fourth-order valence-electron chi connectivity index (χ4n) is 6.16. The maximum absolute atomic E-state index is 12.4. The van der Waals surface area contributed by atoms with Gasteiger partial charge in [-0.1, -0.05) is 44.2 Å². The largest absolute Gasteiger partial charge is 0.394 e. The van der Waals surface area contributed by atoms with Gasteiger partial charge in [-0.3, -0.25) is 0 Å². The van der Waals surface area contributed by atoms with Gasteiger partial charge in [-0.15, -0.1) is 0 Å². The summed E-state index contributed by atoms with van der Waals surface area (Å²) in [6.45, 7) is 2.18. The predicted octanol–water partition coefficient (Wildman–Crippen LogP) is -3.45. The SMILES string of the molecule is CC(C)C1OC(COC2OC(COCCCCS(=O)(=O)Cc3ccccc3)C(O)C(O)C2O)C(O)C(OC2OC(CO)C(O)C(O)C2O)C1O. The second-order valence-corrected chi connectivity index (χ2v) is 15.6. The molecule has 18 heteroatoms. The van der Waals surface area contributed by atoms with Crippen molar-refractivity contribution >= 4 is 9.84 Å². The Hall–Kier alpha value is -1.43. The average molecular weight is 741 g/mol. The van der Waals surface area contributed by atoms with Crippen LogP contribution < -0.4 is 0 Å². The Morgan fingerprint density at radius 3 is 1.94 bits per heavy atom. The summed E-state index contributed by atoms with van der Waals surface area (Å²) in [5.74, 6) is -0.432. The molecule has 3 fully saturated rings. The number of unbranched alkanes of at least 4 members (excludes halogenated alkanes) is 1. The van der Waals surface area contributed by atoms with Gasteiger partial charge in [0.05, 0.1) is 37.4 Å². The van der Waals surface area contributed by atoms with E-state index in [1.165, 1.54) is 0 Å². The van der Waals surface area contributed by atoms with Gasteiger partial charge in [0.1, 0.15) is 73.2 Å². The van der Waals surface area contributed by atoms with Crippen LogP contribution in [0.4, 0.5) is 0 Å². The summed E-state index contributed by atoms with van der Waals surface area (Å²) < 4.78 is 58.8. The monoisotopic (exact) mass is 740 g/mol. The minimum atomic E-state index is -3.32. The molecule has 3 heterocycles. The molecule has 0 saturated carbocycles. The number of rotatable bonds is 16. The van der Waals surface area contributed by atoms with Crippen LogP contribution in [0.1, 0.15) is 32.3 Å². The van der Waals surface area contributed by atoms with Gasteiger partial charge in [-0.2, -0.15) is 0 Å². The second-order valence-electron chi connectivity index (χ2n) is 13.4. The molecule has 17 nitrogen and oxygen atoms in total. The van der Waals surface area contributed by atoms with Crippen LogP contribution in [0, 0.1) is 5.92 Å². The molecule has 0 bridgehead atoms. The van der Waals surface area contributed by atoms with Gasteiger partial charge in [0.15, 0.2) is 22.4 Å². The summed E-state index contributed by atoms with van der Waals surface area (Å²) in [7, 11) is -3.32. The minimum Gasteiger partial charge on any atom is -0.394 e. The van der Waals surface area contributed by atoms with E-state index >= 15 is 0 Å². The van der Waals surface area contributed by atoms with Crippen LogP contribution >= 0.6 is 0 Å². The number of aliphatic hydroxyl groups excluding tert-OH is 9. The Balaban J connectivity index is 1.30. The van der Waals surface area contributed by atoms with Gasteiger partial charge >= 0.3 is 0 Å². The molecule has 50 heavy (non-hydrogen) atoms. The zero-order valence-corrected chi connectivity index (χ0v) is 28.8. The molecule has 15 atom stereocenters. The summed E-state index contributed by atoms with van der Waals surface area (Å²) in [4.78, 5) is 0. The zero-order chi connectivity index (χ0) is 36.7. The van der Waals surface area contributed by atoms with Gasteiger partial charge in [-0.05, 0) is 24.3 Å². The highest BCUT2D eigenvalue weighted by Gasteiger charge is 2.52. The molecule has 0 radical (unpaired) electrons. The molecule has 3 aliphatic rings. The van der Waals surface area contributed by atoms with E-state index in [0.29, 0.717) is 18.4 Å². The number of ether oxygens (including phenoxy) is 6. The smallest absolute Gasteiger partial charge is 0.187 e. The fourth-order valence-corrected chi connectivity index (χ4v) is 7.64. The summed E-state index contributed by atoms with van der Waals surface area (Å²) >= 11 is 0. The van der Waals surface area contributed by atoms with Crippen molar-refractivity contribution in [3.63, 3.8) is 0 Å². The first-order valence-electron chi connectivity index (χ1n) is 16.8. The highest BCUT2D eigenvalue weighted by Crippen LogP contribution is 2.32. The molecule has 3 aliphatic heterocycles. The third-order valence-electron chi connectivity index (χ3n) is 9.12. The molecule has 0 aliphatic carbocycles. The summed E-state index contributed by atoms with van der Waals surface area (Å²) in [6.07, 6.45) is -21.8. The maximum Gasteiger partial charge on any atom is 0.187 e. The molecular weight excluding hydrogens is 688 g/mol. The molecular formula is C32H52O17S. The van der Waals surface area contributed by atoms with Gasteiger partial charge in [-0.25, -0.2) is 8.42 Å². The molecule has 1 aromatic carbocycles. The molecule has 288 valence electrons. The van der Waals surface area contributed by atoms with Crippen molar-refractivity contribution in [2.75, 3.05) is 32.2 Å². The quantitative estimate of drug-likeness (QED) is 0.0746. The first-order chi connectivity index (χ1) is 23.6. The zero-order valence-electron chi connectivity index (χ0n) is 28.0. The molecule has 0 spiro atoms. The molecule has 4 rings (SSSR count). The number of aliphatic hydroxyl groups is 9. The van der Waals surface area contributed by atoms with E-state index in [2.05, 4.69) is 0 Å². The van der Waals surface area contributed by atoms with E-state index in [4.69, 9.17) is 28.4 Å². The van der Waals surface area contributed by atoms with Gasteiger partial charge in [0.2, 0.25) is 0 Å². The molecule has 0 amide bonds. The summed E-state index contributed by atoms with van der Waals surface area (Å²) in [5.41, 5.74) is 0.702. The predicted molar refractivity (Wildman–Crippen MR) is 171 cm³/mol. The highest BCUT2D eigenvalue weighted by atomic mass is 32.2. The van der Waals surface area contributed by atoms with Crippen LogP contribution in [0.5, 0.6) is 0 Å². The Labute approximate surface area is 290 Å². The normalized spacial score (nSPS) is 39.9. The van der Waals surface area contributed by atoms with Crippen molar-refractivity contribution in [1.29, 1.82) is 0 Å². The number of sulfone groups is 1. The summed E-state index contributed by atoms with van der Waals surface area (Å²) in [6, 6.07) is 8.84. The van der Waals surface area contributed by atoms with E-state index in [1.807, 2.05) is 6.07 Å². The first-order valence-corrected chi connectivity index (χ1v) is 18.6. The molecule has 15 unspecified atom stereocenters. The van der Waals surface area contributed by atoms with Crippen LogP contribution in [0.25, 0.3) is 0 Å². The van der Waals surface area contributed by atoms with Crippen LogP contribution in [-0.4, -0.2) is 178 Å². The third-order valence-corrected chi connectivity index (χ3v) is 10.8. The van der Waals surface area contributed by atoms with E-state index in [0.717, 1.165) is 0 Å². The highest BCUT2D eigenvalue weighted by molar-refractivity contribution is 7.90. The summed E-state index contributed by atoms with van der Waals surface area (Å²) in [5, 5.41) is 94.0.